The molecular weight excluding hydrogens is 420 g/mol. The van der Waals surface area contributed by atoms with Gasteiger partial charge in [-0.15, -0.1) is 0 Å². The number of para-hydroxylation sites is 1. The predicted molar refractivity (Wildman–Crippen MR) is 114 cm³/mol. The van der Waals surface area contributed by atoms with Gasteiger partial charge in [0.15, 0.2) is 5.76 Å². The van der Waals surface area contributed by atoms with Crippen molar-refractivity contribution in [2.24, 2.45) is 0 Å². The number of carbonyl (C=O) groups excluding carboxylic acids is 1. The van der Waals surface area contributed by atoms with Gasteiger partial charge in [-0.2, -0.15) is 0 Å². The number of methoxy groups -OCH3 is 1. The number of anilines is 1. The van der Waals surface area contributed by atoms with Crippen molar-refractivity contribution in [2.45, 2.75) is 30.4 Å². The molecule has 1 aromatic heterocycles. The van der Waals surface area contributed by atoms with Gasteiger partial charge in [-0.25, -0.2) is 13.1 Å². The van der Waals surface area contributed by atoms with Crippen LogP contribution in [0.5, 0.6) is 11.5 Å². The second kappa shape index (κ2) is 8.83. The van der Waals surface area contributed by atoms with Crippen LogP contribution in [0.25, 0.3) is 0 Å². The Bertz CT molecular complexity index is 1170. The topological polar surface area (TPSA) is 107 Å². The van der Waals surface area contributed by atoms with E-state index in [1.807, 2.05) is 30.3 Å². The van der Waals surface area contributed by atoms with Crippen molar-refractivity contribution < 1.29 is 27.1 Å². The van der Waals surface area contributed by atoms with Gasteiger partial charge >= 0.3 is 0 Å². The number of furan rings is 1. The lowest BCUT2D eigenvalue weighted by atomic mass is 10.3. The molecule has 0 atom stereocenters. The smallest absolute Gasteiger partial charge is 0.291 e. The minimum atomic E-state index is -3.67. The molecule has 2 N–H and O–H groups in total. The molecule has 1 heterocycles. The summed E-state index contributed by atoms with van der Waals surface area (Å²) in [6, 6.07) is 16.7. The van der Waals surface area contributed by atoms with Crippen molar-refractivity contribution in [3.05, 3.63) is 72.2 Å². The summed E-state index contributed by atoms with van der Waals surface area (Å²) >= 11 is 0. The molecule has 9 heteroatoms. The zero-order valence-electron chi connectivity index (χ0n) is 16.8. The monoisotopic (exact) mass is 442 g/mol. The first-order valence-corrected chi connectivity index (χ1v) is 11.2. The fourth-order valence-corrected chi connectivity index (χ4v) is 4.20. The molecule has 4 rings (SSSR count). The van der Waals surface area contributed by atoms with Gasteiger partial charge in [0.1, 0.15) is 23.9 Å². The van der Waals surface area contributed by atoms with E-state index in [1.165, 1.54) is 31.4 Å². The van der Waals surface area contributed by atoms with Crippen LogP contribution < -0.4 is 19.5 Å². The Morgan fingerprint density at radius 2 is 1.87 bits per heavy atom. The van der Waals surface area contributed by atoms with Crippen LogP contribution in [-0.2, 0) is 16.6 Å². The van der Waals surface area contributed by atoms with Crippen LogP contribution >= 0.6 is 0 Å². The molecule has 31 heavy (non-hydrogen) atoms. The molecule has 1 amide bonds. The zero-order valence-corrected chi connectivity index (χ0v) is 17.6. The average molecular weight is 442 g/mol. The molecule has 1 aliphatic rings. The number of nitrogens with one attached hydrogen (secondary N) is 2. The number of hydrogen-bond acceptors (Lipinski definition) is 6. The van der Waals surface area contributed by atoms with E-state index in [-0.39, 0.29) is 29.0 Å². The van der Waals surface area contributed by atoms with E-state index in [0.29, 0.717) is 17.3 Å². The third-order valence-corrected chi connectivity index (χ3v) is 6.16. The van der Waals surface area contributed by atoms with E-state index in [2.05, 4.69) is 10.0 Å². The standard InChI is InChI=1S/C22H22N2O6S/c1-28-20-12-10-18(31(26,27)24-15-7-8-15)13-19(20)23-22(25)21-11-9-17(30-21)14-29-16-5-3-2-4-6-16/h2-6,9-13,15,24H,7-8,14H2,1H3,(H,23,25). The van der Waals surface area contributed by atoms with Crippen molar-refractivity contribution in [1.82, 2.24) is 4.72 Å². The van der Waals surface area contributed by atoms with Gasteiger partial charge in [-0.05, 0) is 55.3 Å². The Morgan fingerprint density at radius 3 is 2.58 bits per heavy atom. The van der Waals surface area contributed by atoms with Crippen molar-refractivity contribution in [2.75, 3.05) is 12.4 Å². The molecule has 0 radical (unpaired) electrons. The van der Waals surface area contributed by atoms with Gasteiger partial charge in [0.25, 0.3) is 5.91 Å². The van der Waals surface area contributed by atoms with E-state index < -0.39 is 15.9 Å². The molecule has 0 unspecified atom stereocenters. The summed E-state index contributed by atoms with van der Waals surface area (Å²) in [4.78, 5) is 12.7. The minimum Gasteiger partial charge on any atom is -0.495 e. The Balaban J connectivity index is 1.46. The highest BCUT2D eigenvalue weighted by atomic mass is 32.2. The van der Waals surface area contributed by atoms with E-state index in [9.17, 15) is 13.2 Å². The first kappa shape index (κ1) is 21.0. The minimum absolute atomic E-state index is 0.0233. The predicted octanol–water partition coefficient (Wildman–Crippen LogP) is 3.56. The maximum absolute atomic E-state index is 12.7. The molecule has 1 fully saturated rings. The highest BCUT2D eigenvalue weighted by Crippen LogP contribution is 2.29. The average Bonchev–Trinajstić information content (AvgIpc) is 3.44. The van der Waals surface area contributed by atoms with Crippen molar-refractivity contribution in [1.29, 1.82) is 0 Å². The molecule has 1 saturated carbocycles. The normalized spacial score (nSPS) is 13.6. The Hall–Kier alpha value is -3.30. The second-order valence-electron chi connectivity index (χ2n) is 7.08. The summed E-state index contributed by atoms with van der Waals surface area (Å²) in [5.74, 6) is 1.03. The second-order valence-corrected chi connectivity index (χ2v) is 8.79. The molecule has 8 nitrogen and oxygen atoms in total. The molecule has 3 aromatic rings. The number of ether oxygens (including phenoxy) is 2. The van der Waals surface area contributed by atoms with E-state index in [1.54, 1.807) is 6.07 Å². The van der Waals surface area contributed by atoms with E-state index in [0.717, 1.165) is 12.8 Å². The Kier molecular flexibility index (Phi) is 5.97. The lowest BCUT2D eigenvalue weighted by Gasteiger charge is -2.12. The van der Waals surface area contributed by atoms with Gasteiger partial charge in [0.05, 0.1) is 17.7 Å². The third-order valence-electron chi connectivity index (χ3n) is 4.64. The lowest BCUT2D eigenvalue weighted by molar-refractivity contribution is 0.0992. The number of carbonyl (C=O) groups is 1. The zero-order chi connectivity index (χ0) is 21.8. The molecule has 1 aliphatic carbocycles. The highest BCUT2D eigenvalue weighted by molar-refractivity contribution is 7.89. The summed E-state index contributed by atoms with van der Waals surface area (Å²) in [5, 5.41) is 2.66. The largest absolute Gasteiger partial charge is 0.495 e. The summed E-state index contributed by atoms with van der Waals surface area (Å²) in [6.07, 6.45) is 1.65. The number of sulfonamides is 1. The van der Waals surface area contributed by atoms with Crippen LogP contribution in [0, 0.1) is 0 Å². The fraction of sp³-hybridized carbons (Fsp3) is 0.227. The molecule has 0 spiro atoms. The maximum atomic E-state index is 12.7. The first-order valence-electron chi connectivity index (χ1n) is 9.73. The van der Waals surface area contributed by atoms with Crippen LogP contribution in [0.4, 0.5) is 5.69 Å². The molecular formula is C22H22N2O6S. The fourth-order valence-electron chi connectivity index (χ4n) is 2.87. The molecule has 0 bridgehead atoms. The van der Waals surface area contributed by atoms with Crippen molar-refractivity contribution >= 4 is 21.6 Å². The Morgan fingerprint density at radius 1 is 1.10 bits per heavy atom. The van der Waals surface area contributed by atoms with Crippen molar-refractivity contribution in [3.8, 4) is 11.5 Å². The summed E-state index contributed by atoms with van der Waals surface area (Å²) in [5.41, 5.74) is 0.227. The SMILES string of the molecule is COc1ccc(S(=O)(=O)NC2CC2)cc1NC(=O)c1ccc(COc2ccccc2)o1. The van der Waals surface area contributed by atoms with Crippen molar-refractivity contribution in [3.63, 3.8) is 0 Å². The van der Waals surface area contributed by atoms with Crippen LogP contribution in [0.2, 0.25) is 0 Å². The van der Waals surface area contributed by atoms with E-state index >= 15 is 0 Å². The van der Waals surface area contributed by atoms with Crippen LogP contribution in [-0.4, -0.2) is 27.5 Å². The molecule has 162 valence electrons. The Labute approximate surface area is 180 Å². The van der Waals surface area contributed by atoms with Crippen LogP contribution in [0.15, 0.2) is 70.0 Å². The first-order chi connectivity index (χ1) is 14.9. The third kappa shape index (κ3) is 5.25. The van der Waals surface area contributed by atoms with Gasteiger partial charge in [-0.1, -0.05) is 18.2 Å². The lowest BCUT2D eigenvalue weighted by Crippen LogP contribution is -2.25. The van der Waals surface area contributed by atoms with Gasteiger partial charge in [-0.3, -0.25) is 4.79 Å². The summed E-state index contributed by atoms with van der Waals surface area (Å²) in [6.45, 7) is 0.168. The molecule has 0 aliphatic heterocycles. The van der Waals surface area contributed by atoms with Crippen LogP contribution in [0.3, 0.4) is 0 Å². The number of amides is 1. The van der Waals surface area contributed by atoms with Crippen LogP contribution in [0.1, 0.15) is 29.2 Å². The van der Waals surface area contributed by atoms with Gasteiger partial charge < -0.3 is 19.2 Å². The highest BCUT2D eigenvalue weighted by Gasteiger charge is 2.28. The summed E-state index contributed by atoms with van der Waals surface area (Å²) in [7, 11) is -2.23. The maximum Gasteiger partial charge on any atom is 0.291 e. The number of benzene rings is 2. The number of rotatable bonds is 9. The molecule has 2 aromatic carbocycles. The number of hydrogen-bond donors (Lipinski definition) is 2. The van der Waals surface area contributed by atoms with E-state index in [4.69, 9.17) is 13.9 Å². The van der Waals surface area contributed by atoms with Gasteiger partial charge in [0.2, 0.25) is 10.0 Å². The summed E-state index contributed by atoms with van der Waals surface area (Å²) < 4.78 is 44.0. The quantitative estimate of drug-likeness (QED) is 0.525. The van der Waals surface area contributed by atoms with Gasteiger partial charge in [0, 0.05) is 6.04 Å². The molecule has 0 saturated heterocycles.